The maximum absolute atomic E-state index is 11.2. The molecule has 2 rings (SSSR count). The normalized spacial score (nSPS) is 11.8. The van der Waals surface area contributed by atoms with Gasteiger partial charge in [-0.25, -0.2) is 15.0 Å². The number of anilines is 1. The van der Waals surface area contributed by atoms with Crippen molar-refractivity contribution in [1.29, 1.82) is 0 Å². The van der Waals surface area contributed by atoms with E-state index in [4.69, 9.17) is 9.47 Å². The average molecular weight is 335 g/mol. The minimum Gasteiger partial charge on any atom is -0.462 e. The van der Waals surface area contributed by atoms with Crippen LogP contribution in [0, 0.1) is 0 Å². The molecule has 0 bridgehead atoms. The maximum atomic E-state index is 11.2. The van der Waals surface area contributed by atoms with Gasteiger partial charge in [0.1, 0.15) is 12.9 Å². The molecular formula is C14H17N5O5. The van der Waals surface area contributed by atoms with E-state index < -0.39 is 18.0 Å². The molecule has 0 fully saturated rings. The van der Waals surface area contributed by atoms with Gasteiger partial charge >= 0.3 is 11.9 Å². The molecule has 0 unspecified atom stereocenters. The van der Waals surface area contributed by atoms with Crippen molar-refractivity contribution < 1.29 is 23.9 Å². The lowest BCUT2D eigenvalue weighted by Gasteiger charge is -2.17. The number of aromatic nitrogens is 4. The second-order valence-corrected chi connectivity index (χ2v) is 5.01. The molecule has 2 aromatic heterocycles. The minimum atomic E-state index is -0.692. The van der Waals surface area contributed by atoms with Crippen LogP contribution in [0.2, 0.25) is 0 Å². The third-order valence-electron chi connectivity index (χ3n) is 2.90. The molecular weight excluding hydrogens is 318 g/mol. The smallest absolute Gasteiger partial charge is 0.303 e. The Morgan fingerprint density at radius 3 is 2.54 bits per heavy atom. The van der Waals surface area contributed by atoms with E-state index in [9.17, 15) is 14.4 Å². The second-order valence-electron chi connectivity index (χ2n) is 5.01. The number of imidazole rings is 1. The predicted octanol–water partition coefficient (Wildman–Crippen LogP) is 0.279. The van der Waals surface area contributed by atoms with E-state index in [-0.39, 0.29) is 24.9 Å². The van der Waals surface area contributed by atoms with Crippen LogP contribution >= 0.6 is 0 Å². The lowest BCUT2D eigenvalue weighted by molar-refractivity contribution is -0.157. The van der Waals surface area contributed by atoms with Gasteiger partial charge in [-0.2, -0.15) is 0 Å². The highest BCUT2D eigenvalue weighted by Crippen LogP contribution is 2.18. The molecule has 24 heavy (non-hydrogen) atoms. The highest BCUT2D eigenvalue weighted by molar-refractivity contribution is 5.95. The van der Waals surface area contributed by atoms with Gasteiger partial charge in [0.25, 0.3) is 0 Å². The number of ether oxygens (including phenoxy) is 2. The molecule has 0 aliphatic heterocycles. The molecule has 0 saturated heterocycles. The van der Waals surface area contributed by atoms with E-state index in [0.717, 1.165) is 0 Å². The van der Waals surface area contributed by atoms with Crippen LogP contribution in [-0.4, -0.2) is 50.1 Å². The summed E-state index contributed by atoms with van der Waals surface area (Å²) < 4.78 is 11.7. The van der Waals surface area contributed by atoms with Gasteiger partial charge in [-0.3, -0.25) is 14.4 Å². The average Bonchev–Trinajstić information content (AvgIpc) is 2.88. The molecule has 0 aromatic carbocycles. The lowest BCUT2D eigenvalue weighted by atomic mass is 10.3. The number of rotatable bonds is 6. The number of fused-ring (bicyclic) bond motifs is 1. The number of nitrogens with zero attached hydrogens (tertiary/aromatic N) is 4. The molecule has 1 atom stereocenters. The Balaban J connectivity index is 2.24. The molecule has 1 N–H and O–H groups in total. The van der Waals surface area contributed by atoms with Crippen molar-refractivity contribution in [2.45, 2.75) is 33.4 Å². The van der Waals surface area contributed by atoms with Crippen molar-refractivity contribution in [1.82, 2.24) is 19.5 Å². The van der Waals surface area contributed by atoms with Crippen molar-refractivity contribution in [2.24, 2.45) is 0 Å². The van der Waals surface area contributed by atoms with Crippen LogP contribution in [0.5, 0.6) is 0 Å². The molecule has 1 amide bonds. The van der Waals surface area contributed by atoms with Crippen LogP contribution in [0.3, 0.4) is 0 Å². The SMILES string of the molecule is CC(=O)Nc1ncnc2c1ncn2C[C@H](COC(C)=O)OC(C)=O. The van der Waals surface area contributed by atoms with Crippen LogP contribution in [0.25, 0.3) is 11.2 Å². The van der Waals surface area contributed by atoms with Gasteiger partial charge in [-0.1, -0.05) is 0 Å². The summed E-state index contributed by atoms with van der Waals surface area (Å²) in [4.78, 5) is 45.6. The Bertz CT molecular complexity index is 772. The Labute approximate surface area is 137 Å². The molecule has 0 spiro atoms. The Morgan fingerprint density at radius 1 is 1.17 bits per heavy atom. The number of hydrogen-bond donors (Lipinski definition) is 1. The third kappa shape index (κ3) is 4.48. The Morgan fingerprint density at radius 2 is 1.92 bits per heavy atom. The number of carbonyl (C=O) groups excluding carboxylic acids is 3. The van der Waals surface area contributed by atoms with E-state index >= 15 is 0 Å². The Kier molecular flexibility index (Phi) is 5.40. The van der Waals surface area contributed by atoms with E-state index in [0.29, 0.717) is 11.2 Å². The molecule has 128 valence electrons. The van der Waals surface area contributed by atoms with Crippen molar-refractivity contribution in [2.75, 3.05) is 11.9 Å². The fourth-order valence-electron chi connectivity index (χ4n) is 2.06. The van der Waals surface area contributed by atoms with Crippen LogP contribution in [-0.2, 0) is 30.4 Å². The summed E-state index contributed by atoms with van der Waals surface area (Å²) in [6.07, 6.45) is 2.08. The number of nitrogens with one attached hydrogen (secondary N) is 1. The van der Waals surface area contributed by atoms with E-state index in [1.807, 2.05) is 0 Å². The standard InChI is InChI=1S/C14H17N5O5/c1-8(20)18-13-12-14(16-6-15-13)19(7-17-12)4-11(24-10(3)22)5-23-9(2)21/h6-7,11H,4-5H2,1-3H3,(H,15,16,18,20)/t11-/m1/s1. The summed E-state index contributed by atoms with van der Waals surface area (Å²) in [7, 11) is 0. The predicted molar refractivity (Wildman–Crippen MR) is 81.8 cm³/mol. The monoisotopic (exact) mass is 335 g/mol. The number of carbonyl (C=O) groups is 3. The van der Waals surface area contributed by atoms with E-state index in [1.54, 1.807) is 4.57 Å². The lowest BCUT2D eigenvalue weighted by Crippen LogP contribution is -2.28. The van der Waals surface area contributed by atoms with Crippen LogP contribution in [0.15, 0.2) is 12.7 Å². The molecule has 0 radical (unpaired) electrons. The summed E-state index contributed by atoms with van der Waals surface area (Å²) in [6, 6.07) is 0. The largest absolute Gasteiger partial charge is 0.462 e. The molecule has 0 saturated carbocycles. The topological polar surface area (TPSA) is 125 Å². The van der Waals surface area contributed by atoms with E-state index in [2.05, 4.69) is 20.3 Å². The highest BCUT2D eigenvalue weighted by Gasteiger charge is 2.18. The van der Waals surface area contributed by atoms with Gasteiger partial charge in [-0.15, -0.1) is 0 Å². The fraction of sp³-hybridized carbons (Fsp3) is 0.429. The van der Waals surface area contributed by atoms with E-state index in [1.165, 1.54) is 33.4 Å². The molecule has 10 heteroatoms. The fourth-order valence-corrected chi connectivity index (χ4v) is 2.06. The molecule has 2 aromatic rings. The molecule has 2 heterocycles. The van der Waals surface area contributed by atoms with Gasteiger partial charge in [-0.05, 0) is 0 Å². The zero-order valence-electron chi connectivity index (χ0n) is 13.5. The third-order valence-corrected chi connectivity index (χ3v) is 2.90. The highest BCUT2D eigenvalue weighted by atomic mass is 16.6. The second kappa shape index (κ2) is 7.49. The summed E-state index contributed by atoms with van der Waals surface area (Å²) in [5, 5.41) is 2.57. The number of amides is 1. The summed E-state index contributed by atoms with van der Waals surface area (Å²) in [5.41, 5.74) is 0.857. The van der Waals surface area contributed by atoms with Crippen molar-refractivity contribution in [3.63, 3.8) is 0 Å². The molecule has 10 nitrogen and oxygen atoms in total. The molecule has 0 aliphatic carbocycles. The maximum Gasteiger partial charge on any atom is 0.303 e. The summed E-state index contributed by atoms with van der Waals surface area (Å²) in [5.74, 6) is -0.962. The first-order valence-electron chi connectivity index (χ1n) is 7.10. The van der Waals surface area contributed by atoms with Crippen molar-refractivity contribution in [3.05, 3.63) is 12.7 Å². The van der Waals surface area contributed by atoms with Gasteiger partial charge < -0.3 is 19.4 Å². The van der Waals surface area contributed by atoms with Crippen LogP contribution in [0.4, 0.5) is 5.82 Å². The van der Waals surface area contributed by atoms with Gasteiger partial charge in [0.15, 0.2) is 23.1 Å². The zero-order valence-corrected chi connectivity index (χ0v) is 13.5. The first-order valence-corrected chi connectivity index (χ1v) is 7.10. The van der Waals surface area contributed by atoms with Gasteiger partial charge in [0.05, 0.1) is 12.9 Å². The zero-order chi connectivity index (χ0) is 17.7. The molecule has 0 aliphatic rings. The summed E-state index contributed by atoms with van der Waals surface area (Å²) >= 11 is 0. The van der Waals surface area contributed by atoms with Crippen LogP contribution in [0.1, 0.15) is 20.8 Å². The first-order chi connectivity index (χ1) is 11.4. The van der Waals surface area contributed by atoms with Gasteiger partial charge in [0.2, 0.25) is 5.91 Å². The number of esters is 2. The first kappa shape index (κ1) is 17.3. The van der Waals surface area contributed by atoms with Gasteiger partial charge in [0, 0.05) is 20.8 Å². The number of hydrogen-bond acceptors (Lipinski definition) is 8. The minimum absolute atomic E-state index is 0.0851. The Hall–Kier alpha value is -3.04. The quantitative estimate of drug-likeness (QED) is 0.746. The van der Waals surface area contributed by atoms with Crippen LogP contribution < -0.4 is 5.32 Å². The van der Waals surface area contributed by atoms with Crippen molar-refractivity contribution >= 4 is 34.8 Å². The summed E-state index contributed by atoms with van der Waals surface area (Å²) in [6.45, 7) is 3.99. The van der Waals surface area contributed by atoms with Crippen molar-refractivity contribution in [3.8, 4) is 0 Å².